The van der Waals surface area contributed by atoms with Gasteiger partial charge in [0, 0.05) is 45.5 Å². The number of carbonyl (C=O) groups is 2. The summed E-state index contributed by atoms with van der Waals surface area (Å²) in [7, 11) is 3.46. The summed E-state index contributed by atoms with van der Waals surface area (Å²) in [6.07, 6.45) is 0.875. The van der Waals surface area contributed by atoms with Crippen molar-refractivity contribution in [3.8, 4) is 17.3 Å². The van der Waals surface area contributed by atoms with Gasteiger partial charge < -0.3 is 29.2 Å². The van der Waals surface area contributed by atoms with Gasteiger partial charge in [-0.05, 0) is 30.7 Å². The standard InChI is InChI=1S/C25H27N5O4/c1-15(31)26-8-5-9-29-10-11-30-20(13-16-6-4-7-19(29)22(16)30)24-27-18-12-17(25(32)33)14-21(34-3)23(18)28(24)2/h4,6-7,12-14H,5,8-11H2,1-3H3,(H,26,31)(H,32,33). The Morgan fingerprint density at radius 1 is 1.18 bits per heavy atom. The van der Waals surface area contributed by atoms with Crippen LogP contribution in [-0.2, 0) is 18.4 Å². The lowest BCUT2D eigenvalue weighted by Crippen LogP contribution is -2.34. The van der Waals surface area contributed by atoms with Crippen LogP contribution in [0.25, 0.3) is 33.5 Å². The number of aromatic carboxylic acids is 1. The third-order valence-corrected chi connectivity index (χ3v) is 6.44. The number of nitrogens with one attached hydrogen (secondary N) is 1. The number of hydrogen-bond acceptors (Lipinski definition) is 5. The Morgan fingerprint density at radius 3 is 2.74 bits per heavy atom. The van der Waals surface area contributed by atoms with Crippen LogP contribution in [0.15, 0.2) is 36.4 Å². The number of carboxylic acids is 1. The van der Waals surface area contributed by atoms with E-state index in [1.165, 1.54) is 25.8 Å². The highest BCUT2D eigenvalue weighted by Crippen LogP contribution is 2.38. The SMILES string of the molecule is COc1cc(C(=O)O)cc2nc(-c3cc4cccc5c4n3CCN5CCCNC(C)=O)n(C)c12. The third kappa shape index (κ3) is 3.53. The molecular formula is C25H27N5O4. The highest BCUT2D eigenvalue weighted by atomic mass is 16.5. The Labute approximate surface area is 196 Å². The maximum absolute atomic E-state index is 11.6. The van der Waals surface area contributed by atoms with E-state index in [1.807, 2.05) is 11.6 Å². The zero-order chi connectivity index (χ0) is 24.0. The van der Waals surface area contributed by atoms with Gasteiger partial charge in [0.05, 0.1) is 35.1 Å². The van der Waals surface area contributed by atoms with Crippen molar-refractivity contribution >= 4 is 39.5 Å². The molecule has 0 radical (unpaired) electrons. The molecule has 1 aliphatic heterocycles. The maximum Gasteiger partial charge on any atom is 0.335 e. The van der Waals surface area contributed by atoms with Gasteiger partial charge in [0.1, 0.15) is 11.3 Å². The zero-order valence-electron chi connectivity index (χ0n) is 19.5. The van der Waals surface area contributed by atoms with Gasteiger partial charge in [-0.15, -0.1) is 0 Å². The molecule has 0 bridgehead atoms. The van der Waals surface area contributed by atoms with Crippen LogP contribution in [0, 0.1) is 0 Å². The number of ether oxygens (including phenoxy) is 1. The number of imidazole rings is 1. The van der Waals surface area contributed by atoms with Gasteiger partial charge in [-0.25, -0.2) is 9.78 Å². The average Bonchev–Trinajstić information content (AvgIpc) is 3.35. The van der Waals surface area contributed by atoms with Crippen molar-refractivity contribution < 1.29 is 19.4 Å². The van der Waals surface area contributed by atoms with Gasteiger partial charge in [-0.2, -0.15) is 0 Å². The fourth-order valence-corrected chi connectivity index (χ4v) is 4.90. The predicted molar refractivity (Wildman–Crippen MR) is 131 cm³/mol. The molecule has 3 heterocycles. The quantitative estimate of drug-likeness (QED) is 0.410. The van der Waals surface area contributed by atoms with Crippen molar-refractivity contribution in [2.45, 2.75) is 19.9 Å². The number of hydrogen-bond donors (Lipinski definition) is 2. The first-order valence-electron chi connectivity index (χ1n) is 11.3. The summed E-state index contributed by atoms with van der Waals surface area (Å²) in [5.74, 6) is 0.224. The van der Waals surface area contributed by atoms with Crippen molar-refractivity contribution in [2.75, 3.05) is 31.6 Å². The second-order valence-corrected chi connectivity index (χ2v) is 8.57. The minimum atomic E-state index is -1.01. The minimum Gasteiger partial charge on any atom is -0.494 e. The Kier molecular flexibility index (Phi) is 5.39. The van der Waals surface area contributed by atoms with Gasteiger partial charge in [-0.3, -0.25) is 4.79 Å². The smallest absolute Gasteiger partial charge is 0.335 e. The highest BCUT2D eigenvalue weighted by molar-refractivity contribution is 5.99. The molecule has 2 N–H and O–H groups in total. The van der Waals surface area contributed by atoms with Crippen molar-refractivity contribution in [1.82, 2.24) is 19.4 Å². The Balaban J connectivity index is 1.58. The molecule has 2 aromatic heterocycles. The number of nitrogens with zero attached hydrogens (tertiary/aromatic N) is 4. The first-order valence-corrected chi connectivity index (χ1v) is 11.3. The van der Waals surface area contributed by atoms with E-state index in [-0.39, 0.29) is 11.5 Å². The largest absolute Gasteiger partial charge is 0.494 e. The van der Waals surface area contributed by atoms with E-state index in [0.29, 0.717) is 17.8 Å². The second kappa shape index (κ2) is 8.40. The third-order valence-electron chi connectivity index (χ3n) is 6.44. The fraction of sp³-hybridized carbons (Fsp3) is 0.320. The number of anilines is 1. The van der Waals surface area contributed by atoms with Crippen LogP contribution in [0.3, 0.4) is 0 Å². The van der Waals surface area contributed by atoms with Gasteiger partial charge in [0.2, 0.25) is 5.91 Å². The molecule has 1 amide bonds. The first-order chi connectivity index (χ1) is 16.4. The number of carbonyl (C=O) groups excluding carboxylic acids is 1. The predicted octanol–water partition coefficient (Wildman–Crippen LogP) is 3.25. The van der Waals surface area contributed by atoms with Crippen LogP contribution in [0.4, 0.5) is 5.69 Å². The summed E-state index contributed by atoms with van der Waals surface area (Å²) in [5, 5.41) is 13.5. The highest BCUT2D eigenvalue weighted by Gasteiger charge is 2.25. The van der Waals surface area contributed by atoms with Crippen LogP contribution in [0.5, 0.6) is 5.75 Å². The molecule has 0 saturated carbocycles. The Bertz CT molecular complexity index is 1430. The molecule has 0 fully saturated rings. The number of methoxy groups -OCH3 is 1. The summed E-state index contributed by atoms with van der Waals surface area (Å²) in [6, 6.07) is 11.6. The van der Waals surface area contributed by atoms with Crippen LogP contribution in [0.1, 0.15) is 23.7 Å². The topological polar surface area (TPSA) is 102 Å². The molecular weight excluding hydrogens is 434 g/mol. The minimum absolute atomic E-state index is 0.00572. The summed E-state index contributed by atoms with van der Waals surface area (Å²) in [5.41, 5.74) is 4.81. The number of carboxylic acid groups (broad SMARTS) is 1. The molecule has 1 aliphatic rings. The van der Waals surface area contributed by atoms with Crippen molar-refractivity contribution in [3.63, 3.8) is 0 Å². The number of para-hydroxylation sites is 1. The van der Waals surface area contributed by atoms with E-state index in [2.05, 4.69) is 39.0 Å². The Morgan fingerprint density at radius 2 is 2.00 bits per heavy atom. The zero-order valence-corrected chi connectivity index (χ0v) is 19.5. The molecule has 0 saturated heterocycles. The van der Waals surface area contributed by atoms with Crippen molar-refractivity contribution in [3.05, 3.63) is 42.0 Å². The normalized spacial score (nSPS) is 13.0. The average molecular weight is 462 g/mol. The van der Waals surface area contributed by atoms with Gasteiger partial charge >= 0.3 is 5.97 Å². The van der Waals surface area contributed by atoms with Crippen molar-refractivity contribution in [2.24, 2.45) is 7.05 Å². The molecule has 5 rings (SSSR count). The monoisotopic (exact) mass is 461 g/mol. The van der Waals surface area contributed by atoms with Gasteiger partial charge in [-0.1, -0.05) is 12.1 Å². The molecule has 34 heavy (non-hydrogen) atoms. The van der Waals surface area contributed by atoms with Gasteiger partial charge in [0.15, 0.2) is 5.82 Å². The lowest BCUT2D eigenvalue weighted by atomic mass is 10.1. The van der Waals surface area contributed by atoms with Crippen molar-refractivity contribution in [1.29, 1.82) is 0 Å². The van der Waals surface area contributed by atoms with E-state index < -0.39 is 5.97 Å². The van der Waals surface area contributed by atoms with E-state index in [1.54, 1.807) is 6.07 Å². The van der Waals surface area contributed by atoms with Crippen LogP contribution in [0.2, 0.25) is 0 Å². The summed E-state index contributed by atoms with van der Waals surface area (Å²) >= 11 is 0. The molecule has 0 atom stereocenters. The van der Waals surface area contributed by atoms with Gasteiger partial charge in [0.25, 0.3) is 0 Å². The van der Waals surface area contributed by atoms with E-state index in [0.717, 1.165) is 54.0 Å². The lowest BCUT2D eigenvalue weighted by Gasteiger charge is -2.31. The molecule has 4 aromatic rings. The van der Waals surface area contributed by atoms with Crippen LogP contribution in [-0.4, -0.2) is 57.8 Å². The number of aromatic nitrogens is 3. The molecule has 9 nitrogen and oxygen atoms in total. The molecule has 2 aromatic carbocycles. The summed E-state index contributed by atoms with van der Waals surface area (Å²) in [4.78, 5) is 29.9. The van der Waals surface area contributed by atoms with E-state index >= 15 is 0 Å². The maximum atomic E-state index is 11.6. The number of rotatable bonds is 7. The number of aryl methyl sites for hydroxylation is 1. The Hall–Kier alpha value is -4.01. The van der Waals surface area contributed by atoms with E-state index in [9.17, 15) is 14.7 Å². The molecule has 176 valence electrons. The van der Waals surface area contributed by atoms with Crippen LogP contribution >= 0.6 is 0 Å². The number of fused-ring (bicyclic) bond motifs is 1. The number of benzene rings is 2. The summed E-state index contributed by atoms with van der Waals surface area (Å²) in [6.45, 7) is 4.71. The van der Waals surface area contributed by atoms with E-state index in [4.69, 9.17) is 9.72 Å². The molecule has 0 spiro atoms. The molecule has 9 heteroatoms. The first kappa shape index (κ1) is 21.8. The molecule has 0 aliphatic carbocycles. The lowest BCUT2D eigenvalue weighted by molar-refractivity contribution is -0.118. The van der Waals surface area contributed by atoms with Crippen LogP contribution < -0.4 is 15.0 Å². The summed E-state index contributed by atoms with van der Waals surface area (Å²) < 4.78 is 9.77. The second-order valence-electron chi connectivity index (χ2n) is 8.57. The number of amides is 1. The fourth-order valence-electron chi connectivity index (χ4n) is 4.90. The molecule has 0 unspecified atom stereocenters.